The lowest BCUT2D eigenvalue weighted by atomic mass is 9.72. The van der Waals surface area contributed by atoms with Crippen LogP contribution in [0.4, 0.5) is 0 Å². The molecule has 2 N–H and O–H groups in total. The van der Waals surface area contributed by atoms with E-state index in [9.17, 15) is 19.5 Å². The number of carbonyl (C=O) groups is 3. The van der Waals surface area contributed by atoms with Crippen LogP contribution in [0.3, 0.4) is 0 Å². The number of carbonyl (C=O) groups excluding carboxylic acids is 1. The third-order valence-corrected chi connectivity index (χ3v) is 8.76. The molecule has 1 unspecified atom stereocenters. The molecule has 2 aromatic carbocycles. The van der Waals surface area contributed by atoms with E-state index in [0.29, 0.717) is 32.3 Å². The fraction of sp³-hybridized carbons (Fsp3) is 0.571. The lowest BCUT2D eigenvalue weighted by molar-refractivity contribution is -0.152. The predicted molar refractivity (Wildman–Crippen MR) is 164 cm³/mol. The highest BCUT2D eigenvalue weighted by Gasteiger charge is 2.38. The van der Waals surface area contributed by atoms with E-state index in [2.05, 4.69) is 11.9 Å². The quantitative estimate of drug-likeness (QED) is 0.142. The van der Waals surface area contributed by atoms with Gasteiger partial charge in [0, 0.05) is 6.42 Å². The van der Waals surface area contributed by atoms with Gasteiger partial charge in [-0.05, 0) is 88.5 Å². The van der Waals surface area contributed by atoms with Crippen LogP contribution in [-0.2, 0) is 32.0 Å². The molecule has 1 aliphatic heterocycles. The van der Waals surface area contributed by atoms with Crippen LogP contribution in [0, 0.1) is 17.3 Å². The van der Waals surface area contributed by atoms with Gasteiger partial charge in [0.05, 0.1) is 17.9 Å². The Morgan fingerprint density at radius 3 is 1.90 bits per heavy atom. The number of hydrogen-bond acceptors (Lipinski definition) is 5. The molecular weight excluding hydrogens is 530 g/mol. The molecule has 0 aromatic heterocycles. The summed E-state index contributed by atoms with van der Waals surface area (Å²) in [7, 11) is 2.07. The SMILES string of the molecule is CN1CCC(C(=O)OCC(CCCCCC(=O)O)CCCCC(Cc2ccccc2)(Cc2ccccc2)C(=O)O)CC1. The molecule has 7 nitrogen and oxygen atoms in total. The summed E-state index contributed by atoms with van der Waals surface area (Å²) in [5.74, 6) is -1.49. The molecule has 1 atom stereocenters. The third-order valence-electron chi connectivity index (χ3n) is 8.76. The molecular formula is C35H49NO6. The number of likely N-dealkylation sites (tertiary alicyclic amines) is 1. The first kappa shape index (κ1) is 33.3. The van der Waals surface area contributed by atoms with Crippen LogP contribution in [0.5, 0.6) is 0 Å². The summed E-state index contributed by atoms with van der Waals surface area (Å²) in [6, 6.07) is 19.7. The number of aliphatic carboxylic acids is 2. The molecule has 42 heavy (non-hydrogen) atoms. The number of esters is 1. The third kappa shape index (κ3) is 11.6. The first-order valence-electron chi connectivity index (χ1n) is 15.7. The number of carboxylic acid groups (broad SMARTS) is 2. The van der Waals surface area contributed by atoms with Gasteiger partial charge in [0.15, 0.2) is 0 Å². The highest BCUT2D eigenvalue weighted by atomic mass is 16.5. The van der Waals surface area contributed by atoms with Crippen molar-refractivity contribution >= 4 is 17.9 Å². The van der Waals surface area contributed by atoms with Crippen LogP contribution in [0.15, 0.2) is 60.7 Å². The van der Waals surface area contributed by atoms with Crippen LogP contribution in [0.1, 0.15) is 81.8 Å². The number of unbranched alkanes of at least 4 members (excludes halogenated alkanes) is 3. The Labute approximate surface area is 251 Å². The van der Waals surface area contributed by atoms with Gasteiger partial charge in [-0.1, -0.05) is 86.3 Å². The molecule has 1 fully saturated rings. The van der Waals surface area contributed by atoms with Crippen LogP contribution < -0.4 is 0 Å². The molecule has 1 saturated heterocycles. The van der Waals surface area contributed by atoms with Crippen LogP contribution in [-0.4, -0.2) is 59.8 Å². The van der Waals surface area contributed by atoms with Gasteiger partial charge >= 0.3 is 17.9 Å². The number of piperidine rings is 1. The number of hydrogen-bond donors (Lipinski definition) is 2. The first-order chi connectivity index (χ1) is 20.3. The second kappa shape index (κ2) is 17.7. The van der Waals surface area contributed by atoms with Crippen LogP contribution >= 0.6 is 0 Å². The van der Waals surface area contributed by atoms with Crippen molar-refractivity contribution in [2.45, 2.75) is 83.5 Å². The zero-order valence-corrected chi connectivity index (χ0v) is 25.2. The van der Waals surface area contributed by atoms with Gasteiger partial charge in [0.1, 0.15) is 0 Å². The van der Waals surface area contributed by atoms with Crippen molar-refractivity contribution < 1.29 is 29.3 Å². The lowest BCUT2D eigenvalue weighted by Crippen LogP contribution is -2.36. The molecule has 1 aliphatic rings. The number of nitrogens with zero attached hydrogens (tertiary/aromatic N) is 1. The topological polar surface area (TPSA) is 104 Å². The summed E-state index contributed by atoms with van der Waals surface area (Å²) in [5, 5.41) is 19.5. The average Bonchev–Trinajstić information content (AvgIpc) is 2.98. The second-order valence-corrected chi connectivity index (χ2v) is 12.2. The number of ether oxygens (including phenoxy) is 1. The van der Waals surface area contributed by atoms with Crippen molar-refractivity contribution in [1.29, 1.82) is 0 Å². The van der Waals surface area contributed by atoms with E-state index in [-0.39, 0.29) is 24.2 Å². The van der Waals surface area contributed by atoms with E-state index in [1.165, 1.54) is 0 Å². The summed E-state index contributed by atoms with van der Waals surface area (Å²) in [6.45, 7) is 2.19. The van der Waals surface area contributed by atoms with Crippen molar-refractivity contribution in [2.75, 3.05) is 26.7 Å². The standard InChI is InChI=1S/C35H49NO6/c1-36-23-20-31(21-24-36)33(39)42-27-30(17-9-4-10-19-32(37)38)18-11-12-22-35(34(40)41,25-28-13-5-2-6-14-28)26-29-15-7-3-8-16-29/h2-3,5-8,13-16,30-31H,4,9-12,17-27H2,1H3,(H,37,38)(H,40,41). The molecule has 2 aromatic rings. The Kier molecular flexibility index (Phi) is 14.0. The largest absolute Gasteiger partial charge is 0.481 e. The van der Waals surface area contributed by atoms with Crippen molar-refractivity contribution in [2.24, 2.45) is 17.3 Å². The normalized spacial score (nSPS) is 15.3. The molecule has 0 amide bonds. The van der Waals surface area contributed by atoms with Gasteiger partial charge < -0.3 is 19.8 Å². The lowest BCUT2D eigenvalue weighted by Gasteiger charge is -2.30. The molecule has 3 rings (SSSR count). The highest BCUT2D eigenvalue weighted by molar-refractivity contribution is 5.75. The van der Waals surface area contributed by atoms with Gasteiger partial charge in [-0.3, -0.25) is 14.4 Å². The summed E-state index contributed by atoms with van der Waals surface area (Å²) >= 11 is 0. The predicted octanol–water partition coefficient (Wildman–Crippen LogP) is 6.64. The number of benzene rings is 2. The Morgan fingerprint density at radius 1 is 0.833 bits per heavy atom. The first-order valence-corrected chi connectivity index (χ1v) is 15.7. The summed E-state index contributed by atoms with van der Waals surface area (Å²) in [5.41, 5.74) is 1.14. The number of carboxylic acids is 2. The van der Waals surface area contributed by atoms with Gasteiger partial charge in [-0.25, -0.2) is 0 Å². The van der Waals surface area contributed by atoms with Crippen molar-refractivity contribution in [3.05, 3.63) is 71.8 Å². The maximum absolute atomic E-state index is 12.9. The monoisotopic (exact) mass is 579 g/mol. The van der Waals surface area contributed by atoms with Gasteiger partial charge in [0.25, 0.3) is 0 Å². The molecule has 0 saturated carbocycles. The van der Waals surface area contributed by atoms with E-state index in [4.69, 9.17) is 9.84 Å². The Bertz CT molecular complexity index is 1040. The molecule has 1 heterocycles. The molecule has 230 valence electrons. The van der Waals surface area contributed by atoms with E-state index in [1.54, 1.807) is 0 Å². The zero-order chi connectivity index (χ0) is 30.2. The molecule has 0 bridgehead atoms. The minimum Gasteiger partial charge on any atom is -0.481 e. The Morgan fingerprint density at radius 2 is 1.38 bits per heavy atom. The summed E-state index contributed by atoms with van der Waals surface area (Å²) < 4.78 is 5.82. The fourth-order valence-corrected chi connectivity index (χ4v) is 6.13. The minimum absolute atomic E-state index is 0.0374. The maximum Gasteiger partial charge on any atom is 0.310 e. The average molecular weight is 580 g/mol. The summed E-state index contributed by atoms with van der Waals surface area (Å²) in [6.07, 6.45) is 9.06. The van der Waals surface area contributed by atoms with Gasteiger partial charge in [0.2, 0.25) is 0 Å². The second-order valence-electron chi connectivity index (χ2n) is 12.2. The molecule has 0 aliphatic carbocycles. The van der Waals surface area contributed by atoms with Crippen molar-refractivity contribution in [3.63, 3.8) is 0 Å². The Balaban J connectivity index is 1.60. The molecule has 7 heteroatoms. The number of rotatable bonds is 19. The molecule has 0 radical (unpaired) electrons. The van der Waals surface area contributed by atoms with Crippen molar-refractivity contribution in [1.82, 2.24) is 4.90 Å². The minimum atomic E-state index is -0.907. The van der Waals surface area contributed by atoms with E-state index in [1.807, 2.05) is 60.7 Å². The van der Waals surface area contributed by atoms with Crippen molar-refractivity contribution in [3.8, 4) is 0 Å². The smallest absolute Gasteiger partial charge is 0.310 e. The van der Waals surface area contributed by atoms with Gasteiger partial charge in [-0.15, -0.1) is 0 Å². The van der Waals surface area contributed by atoms with Crippen LogP contribution in [0.2, 0.25) is 0 Å². The van der Waals surface area contributed by atoms with E-state index >= 15 is 0 Å². The Hall–Kier alpha value is -3.19. The highest BCUT2D eigenvalue weighted by Crippen LogP contribution is 2.35. The molecule has 0 spiro atoms. The maximum atomic E-state index is 12.9. The summed E-state index contributed by atoms with van der Waals surface area (Å²) in [4.78, 5) is 38.7. The fourth-order valence-electron chi connectivity index (χ4n) is 6.13. The van der Waals surface area contributed by atoms with E-state index in [0.717, 1.165) is 75.6 Å². The van der Waals surface area contributed by atoms with E-state index < -0.39 is 17.4 Å². The van der Waals surface area contributed by atoms with Gasteiger partial charge in [-0.2, -0.15) is 0 Å². The van der Waals surface area contributed by atoms with Crippen LogP contribution in [0.25, 0.3) is 0 Å². The zero-order valence-electron chi connectivity index (χ0n) is 25.2.